The van der Waals surface area contributed by atoms with Crippen molar-refractivity contribution < 1.29 is 9.90 Å². The largest absolute Gasteiger partial charge is 0.506 e. The van der Waals surface area contributed by atoms with Crippen molar-refractivity contribution in [3.05, 3.63) is 23.8 Å². The fraction of sp³-hybridized carbons (Fsp3) is 0.533. The van der Waals surface area contributed by atoms with Gasteiger partial charge in [0.05, 0.1) is 5.69 Å². The third kappa shape index (κ3) is 3.25. The Morgan fingerprint density at radius 1 is 1.22 bits per heavy atom. The highest BCUT2D eigenvalue weighted by atomic mass is 16.3. The summed E-state index contributed by atoms with van der Waals surface area (Å²) >= 11 is 0. The van der Waals surface area contributed by atoms with Gasteiger partial charge < -0.3 is 10.4 Å². The Balaban J connectivity index is 2.01. The first-order valence-corrected chi connectivity index (χ1v) is 6.77. The number of anilines is 1. The van der Waals surface area contributed by atoms with Crippen LogP contribution in [0, 0.1) is 12.8 Å². The maximum absolute atomic E-state index is 12.1. The van der Waals surface area contributed by atoms with Crippen molar-refractivity contribution in [2.24, 2.45) is 5.92 Å². The monoisotopic (exact) mass is 247 g/mol. The second-order valence-corrected chi connectivity index (χ2v) is 5.20. The highest BCUT2D eigenvalue weighted by molar-refractivity contribution is 5.93. The van der Waals surface area contributed by atoms with Gasteiger partial charge in [-0.3, -0.25) is 4.79 Å². The lowest BCUT2D eigenvalue weighted by Gasteiger charge is -2.15. The average Bonchev–Trinajstić information content (AvgIpc) is 2.61. The van der Waals surface area contributed by atoms with Crippen molar-refractivity contribution >= 4 is 11.6 Å². The van der Waals surface area contributed by atoms with Gasteiger partial charge in [-0.05, 0) is 37.5 Å². The molecule has 0 atom stereocenters. The van der Waals surface area contributed by atoms with E-state index >= 15 is 0 Å². The summed E-state index contributed by atoms with van der Waals surface area (Å²) in [6.07, 6.45) is 6.69. The molecule has 1 saturated carbocycles. The van der Waals surface area contributed by atoms with Gasteiger partial charge in [0, 0.05) is 5.92 Å². The Morgan fingerprint density at radius 2 is 1.89 bits per heavy atom. The van der Waals surface area contributed by atoms with Gasteiger partial charge in [-0.1, -0.05) is 31.7 Å². The molecule has 1 aliphatic rings. The second-order valence-electron chi connectivity index (χ2n) is 5.20. The summed E-state index contributed by atoms with van der Waals surface area (Å²) in [5, 5.41) is 12.6. The van der Waals surface area contributed by atoms with Crippen LogP contribution in [0.5, 0.6) is 5.75 Å². The standard InChI is InChI=1S/C15H21NO2/c1-11-8-9-13(14(17)10-11)16-15(18)12-6-4-2-3-5-7-12/h8-10,12,17H,2-7H2,1H3,(H,16,18). The van der Waals surface area contributed by atoms with E-state index in [0.29, 0.717) is 5.69 Å². The van der Waals surface area contributed by atoms with E-state index in [9.17, 15) is 9.90 Å². The third-order valence-corrected chi connectivity index (χ3v) is 3.64. The lowest BCUT2D eigenvalue weighted by molar-refractivity contribution is -0.120. The summed E-state index contributed by atoms with van der Waals surface area (Å²) in [5.41, 5.74) is 1.51. The molecule has 0 radical (unpaired) electrons. The molecule has 98 valence electrons. The first-order valence-electron chi connectivity index (χ1n) is 6.77. The van der Waals surface area contributed by atoms with Crippen LogP contribution in [0.4, 0.5) is 5.69 Å². The Morgan fingerprint density at radius 3 is 2.50 bits per heavy atom. The minimum atomic E-state index is 0.0519. The molecule has 2 N–H and O–H groups in total. The van der Waals surface area contributed by atoms with E-state index in [1.807, 2.05) is 13.0 Å². The number of phenolic OH excluding ortho intramolecular Hbond substituents is 1. The van der Waals surface area contributed by atoms with Gasteiger partial charge in [0.2, 0.25) is 5.91 Å². The van der Waals surface area contributed by atoms with Crippen LogP contribution in [0.3, 0.4) is 0 Å². The molecule has 1 aromatic carbocycles. The molecule has 1 amide bonds. The number of benzene rings is 1. The normalized spacial score (nSPS) is 17.2. The van der Waals surface area contributed by atoms with Crippen LogP contribution in [-0.2, 0) is 4.79 Å². The molecule has 1 aromatic rings. The van der Waals surface area contributed by atoms with E-state index in [4.69, 9.17) is 0 Å². The van der Waals surface area contributed by atoms with E-state index in [0.717, 1.165) is 31.2 Å². The summed E-state index contributed by atoms with van der Waals surface area (Å²) < 4.78 is 0. The van der Waals surface area contributed by atoms with Crippen LogP contribution in [0.15, 0.2) is 18.2 Å². The first kappa shape index (κ1) is 12.9. The predicted molar refractivity (Wildman–Crippen MR) is 72.7 cm³/mol. The number of hydrogen-bond donors (Lipinski definition) is 2. The summed E-state index contributed by atoms with van der Waals surface area (Å²) in [7, 11) is 0. The van der Waals surface area contributed by atoms with E-state index in [1.165, 1.54) is 12.8 Å². The number of rotatable bonds is 2. The van der Waals surface area contributed by atoms with Crippen LogP contribution in [-0.4, -0.2) is 11.0 Å². The average molecular weight is 247 g/mol. The molecule has 0 aliphatic heterocycles. The highest BCUT2D eigenvalue weighted by Crippen LogP contribution is 2.27. The molecule has 18 heavy (non-hydrogen) atoms. The minimum Gasteiger partial charge on any atom is -0.506 e. The fourth-order valence-corrected chi connectivity index (χ4v) is 2.52. The maximum Gasteiger partial charge on any atom is 0.227 e. The number of amides is 1. The van der Waals surface area contributed by atoms with Crippen LogP contribution in [0.2, 0.25) is 0 Å². The molecule has 1 fully saturated rings. The molecule has 0 aromatic heterocycles. The summed E-state index contributed by atoms with van der Waals surface area (Å²) in [6.45, 7) is 1.91. The Hall–Kier alpha value is -1.51. The van der Waals surface area contributed by atoms with Crippen molar-refractivity contribution in [2.45, 2.75) is 45.4 Å². The van der Waals surface area contributed by atoms with Gasteiger partial charge in [-0.2, -0.15) is 0 Å². The highest BCUT2D eigenvalue weighted by Gasteiger charge is 2.20. The Labute approximate surface area is 108 Å². The Bertz CT molecular complexity index is 421. The molecule has 3 nitrogen and oxygen atoms in total. The quantitative estimate of drug-likeness (QED) is 0.619. The van der Waals surface area contributed by atoms with Gasteiger partial charge in [-0.25, -0.2) is 0 Å². The van der Waals surface area contributed by atoms with E-state index in [1.54, 1.807) is 12.1 Å². The maximum atomic E-state index is 12.1. The van der Waals surface area contributed by atoms with Crippen molar-refractivity contribution in [3.63, 3.8) is 0 Å². The summed E-state index contributed by atoms with van der Waals surface area (Å²) in [4.78, 5) is 12.1. The smallest absolute Gasteiger partial charge is 0.227 e. The molecule has 0 bridgehead atoms. The molecular formula is C15H21NO2. The molecule has 0 unspecified atom stereocenters. The molecule has 3 heteroatoms. The molecule has 0 spiro atoms. The second kappa shape index (κ2) is 5.89. The Kier molecular flexibility index (Phi) is 4.24. The summed E-state index contributed by atoms with van der Waals surface area (Å²) in [6, 6.07) is 5.32. The number of carbonyl (C=O) groups is 1. The SMILES string of the molecule is Cc1ccc(NC(=O)C2CCCCCC2)c(O)c1. The number of carbonyl (C=O) groups excluding carboxylic acids is 1. The minimum absolute atomic E-state index is 0.0519. The van der Waals surface area contributed by atoms with Gasteiger partial charge in [0.25, 0.3) is 0 Å². The zero-order valence-corrected chi connectivity index (χ0v) is 10.9. The van der Waals surface area contributed by atoms with Crippen molar-refractivity contribution in [1.29, 1.82) is 0 Å². The van der Waals surface area contributed by atoms with E-state index in [2.05, 4.69) is 5.32 Å². The first-order chi connectivity index (χ1) is 8.66. The zero-order valence-electron chi connectivity index (χ0n) is 10.9. The van der Waals surface area contributed by atoms with Crippen LogP contribution in [0.1, 0.15) is 44.1 Å². The topological polar surface area (TPSA) is 49.3 Å². The third-order valence-electron chi connectivity index (χ3n) is 3.64. The number of hydrogen-bond acceptors (Lipinski definition) is 2. The van der Waals surface area contributed by atoms with Crippen LogP contribution >= 0.6 is 0 Å². The van der Waals surface area contributed by atoms with Gasteiger partial charge in [0.15, 0.2) is 0 Å². The van der Waals surface area contributed by atoms with Gasteiger partial charge in [0.1, 0.15) is 5.75 Å². The summed E-state index contributed by atoms with van der Waals surface area (Å²) in [5.74, 6) is 0.307. The number of aromatic hydroxyl groups is 1. The van der Waals surface area contributed by atoms with E-state index < -0.39 is 0 Å². The lowest BCUT2D eigenvalue weighted by atomic mass is 9.99. The number of nitrogens with one attached hydrogen (secondary N) is 1. The van der Waals surface area contributed by atoms with Crippen LogP contribution in [0.25, 0.3) is 0 Å². The zero-order chi connectivity index (χ0) is 13.0. The molecule has 2 rings (SSSR count). The fourth-order valence-electron chi connectivity index (χ4n) is 2.52. The van der Waals surface area contributed by atoms with Crippen molar-refractivity contribution in [1.82, 2.24) is 0 Å². The molecular weight excluding hydrogens is 226 g/mol. The van der Waals surface area contributed by atoms with Gasteiger partial charge in [-0.15, -0.1) is 0 Å². The van der Waals surface area contributed by atoms with Crippen molar-refractivity contribution in [3.8, 4) is 5.75 Å². The predicted octanol–water partition coefficient (Wildman–Crippen LogP) is 3.61. The van der Waals surface area contributed by atoms with Crippen molar-refractivity contribution in [2.75, 3.05) is 5.32 Å². The number of aryl methyl sites for hydroxylation is 1. The number of phenols is 1. The molecule has 1 aliphatic carbocycles. The molecule has 0 heterocycles. The lowest BCUT2D eigenvalue weighted by Crippen LogP contribution is -2.22. The van der Waals surface area contributed by atoms with Gasteiger partial charge >= 0.3 is 0 Å². The molecule has 0 saturated heterocycles. The van der Waals surface area contributed by atoms with E-state index in [-0.39, 0.29) is 17.6 Å². The van der Waals surface area contributed by atoms with Crippen LogP contribution < -0.4 is 5.32 Å².